The third kappa shape index (κ3) is 3.25. The molecule has 0 bridgehead atoms. The Balaban J connectivity index is 2.65. The summed E-state index contributed by atoms with van der Waals surface area (Å²) in [5.41, 5.74) is 0. The van der Waals surface area contributed by atoms with Gasteiger partial charge < -0.3 is 5.11 Å². The highest BCUT2D eigenvalue weighted by Crippen LogP contribution is 2.14. The van der Waals surface area contributed by atoms with E-state index in [-0.39, 0.29) is 6.54 Å². The van der Waals surface area contributed by atoms with Crippen LogP contribution in [0.5, 0.6) is 0 Å². The molecule has 80 valence electrons. The van der Waals surface area contributed by atoms with Crippen molar-refractivity contribution in [2.24, 2.45) is 0 Å². The second-order valence-corrected chi connectivity index (χ2v) is 5.05. The molecule has 5 heteroatoms. The quantitative estimate of drug-likeness (QED) is 0.721. The highest BCUT2D eigenvalue weighted by atomic mass is 32.2. The van der Waals surface area contributed by atoms with Gasteiger partial charge in [-0.2, -0.15) is 0 Å². The van der Waals surface area contributed by atoms with Crippen molar-refractivity contribution in [2.75, 3.05) is 6.54 Å². The molecule has 0 aliphatic heterocycles. The molecule has 0 aromatic heterocycles. The number of sulfonamides is 1. The summed E-state index contributed by atoms with van der Waals surface area (Å²) in [7, 11) is -3.41. The van der Waals surface area contributed by atoms with Gasteiger partial charge in [-0.1, -0.05) is 12.2 Å². The lowest BCUT2D eigenvalue weighted by Crippen LogP contribution is -2.31. The van der Waals surface area contributed by atoms with Gasteiger partial charge in [0.2, 0.25) is 10.0 Å². The van der Waals surface area contributed by atoms with E-state index in [0.717, 1.165) is 12.8 Å². The van der Waals surface area contributed by atoms with Gasteiger partial charge in [-0.05, 0) is 25.8 Å². The van der Waals surface area contributed by atoms with Crippen LogP contribution in [0.1, 0.15) is 19.8 Å². The molecule has 0 spiro atoms. The minimum absolute atomic E-state index is 0.0491. The van der Waals surface area contributed by atoms with Gasteiger partial charge in [-0.25, -0.2) is 13.1 Å². The van der Waals surface area contributed by atoms with E-state index >= 15 is 0 Å². The molecule has 0 aromatic rings. The first kappa shape index (κ1) is 11.4. The van der Waals surface area contributed by atoms with Crippen molar-refractivity contribution in [3.8, 4) is 0 Å². The minimum Gasteiger partial charge on any atom is -0.392 e. The normalized spacial score (nSPS) is 19.1. The largest absolute Gasteiger partial charge is 0.392 e. The van der Waals surface area contributed by atoms with E-state index in [1.165, 1.54) is 6.92 Å². The Morgan fingerprint density at radius 1 is 1.57 bits per heavy atom. The summed E-state index contributed by atoms with van der Waals surface area (Å²) in [5.74, 6) is 0. The van der Waals surface area contributed by atoms with E-state index in [1.807, 2.05) is 6.08 Å². The fourth-order valence-corrected chi connectivity index (χ4v) is 2.34. The van der Waals surface area contributed by atoms with Crippen LogP contribution in [0.4, 0.5) is 0 Å². The van der Waals surface area contributed by atoms with Crippen LogP contribution in [0.3, 0.4) is 0 Å². The van der Waals surface area contributed by atoms with Crippen molar-refractivity contribution in [1.82, 2.24) is 4.72 Å². The van der Waals surface area contributed by atoms with Gasteiger partial charge in [0.25, 0.3) is 0 Å². The summed E-state index contributed by atoms with van der Waals surface area (Å²) < 4.78 is 25.4. The monoisotopic (exact) mass is 217 g/mol. The summed E-state index contributed by atoms with van der Waals surface area (Å²) in [6.07, 6.45) is 6.07. The standard InChI is InChI=1S/C9H15NO3S/c1-8(11)7-10-14(12,13)9-5-3-2-4-6-9/h3,5-6,8,10-11H,2,4,7H2,1H3. The van der Waals surface area contributed by atoms with Crippen molar-refractivity contribution in [3.63, 3.8) is 0 Å². The van der Waals surface area contributed by atoms with E-state index in [1.54, 1.807) is 12.2 Å². The Bertz CT molecular complexity index is 341. The zero-order valence-corrected chi connectivity index (χ0v) is 8.92. The molecule has 0 heterocycles. The van der Waals surface area contributed by atoms with E-state index in [0.29, 0.717) is 4.91 Å². The SMILES string of the molecule is CC(O)CNS(=O)(=O)C1=CCCC=C1. The van der Waals surface area contributed by atoms with E-state index in [4.69, 9.17) is 5.11 Å². The van der Waals surface area contributed by atoms with Crippen LogP contribution in [0.25, 0.3) is 0 Å². The first-order chi connectivity index (χ1) is 6.52. The topological polar surface area (TPSA) is 66.4 Å². The number of aliphatic hydroxyl groups excluding tert-OH is 1. The molecule has 0 saturated carbocycles. The van der Waals surface area contributed by atoms with Crippen molar-refractivity contribution in [2.45, 2.75) is 25.9 Å². The van der Waals surface area contributed by atoms with Gasteiger partial charge in [-0.15, -0.1) is 0 Å². The van der Waals surface area contributed by atoms with Gasteiger partial charge in [0.05, 0.1) is 11.0 Å². The van der Waals surface area contributed by atoms with Crippen LogP contribution in [0.2, 0.25) is 0 Å². The lowest BCUT2D eigenvalue weighted by molar-refractivity contribution is 0.198. The maximum atomic E-state index is 11.5. The third-order valence-corrected chi connectivity index (χ3v) is 3.31. The van der Waals surface area contributed by atoms with Crippen LogP contribution < -0.4 is 4.72 Å². The van der Waals surface area contributed by atoms with Gasteiger partial charge in [0, 0.05) is 6.54 Å². The Morgan fingerprint density at radius 3 is 2.79 bits per heavy atom. The second kappa shape index (κ2) is 4.72. The van der Waals surface area contributed by atoms with Crippen molar-refractivity contribution >= 4 is 10.0 Å². The summed E-state index contributed by atoms with van der Waals surface area (Å²) in [5, 5.41) is 8.95. The predicted octanol–water partition coefficient (Wildman–Crippen LogP) is 0.520. The number of nitrogens with one attached hydrogen (secondary N) is 1. The third-order valence-electron chi connectivity index (χ3n) is 1.84. The number of hydrogen-bond donors (Lipinski definition) is 2. The average Bonchev–Trinajstić information content (AvgIpc) is 2.16. The molecule has 0 fully saturated rings. The molecular weight excluding hydrogens is 202 g/mol. The van der Waals surface area contributed by atoms with Crippen molar-refractivity contribution in [1.29, 1.82) is 0 Å². The molecule has 1 aliphatic carbocycles. The lowest BCUT2D eigenvalue weighted by atomic mass is 10.2. The van der Waals surface area contributed by atoms with E-state index < -0.39 is 16.1 Å². The summed E-state index contributed by atoms with van der Waals surface area (Å²) in [6, 6.07) is 0. The zero-order valence-electron chi connectivity index (χ0n) is 8.10. The molecule has 1 unspecified atom stereocenters. The molecule has 1 aliphatic rings. The molecule has 14 heavy (non-hydrogen) atoms. The van der Waals surface area contributed by atoms with Gasteiger partial charge in [-0.3, -0.25) is 0 Å². The summed E-state index contributed by atoms with van der Waals surface area (Å²) >= 11 is 0. The Morgan fingerprint density at radius 2 is 2.29 bits per heavy atom. The molecule has 2 N–H and O–H groups in total. The van der Waals surface area contributed by atoms with Crippen LogP contribution >= 0.6 is 0 Å². The fraction of sp³-hybridized carbons (Fsp3) is 0.556. The molecular formula is C9H15NO3S. The Kier molecular flexibility index (Phi) is 3.86. The summed E-state index contributed by atoms with van der Waals surface area (Å²) in [4.78, 5) is 0.296. The maximum absolute atomic E-state index is 11.5. The predicted molar refractivity (Wildman–Crippen MR) is 55.1 cm³/mol. The molecule has 4 nitrogen and oxygen atoms in total. The molecule has 0 radical (unpaired) electrons. The first-order valence-electron chi connectivity index (χ1n) is 4.57. The van der Waals surface area contributed by atoms with Crippen LogP contribution in [0.15, 0.2) is 23.1 Å². The number of aliphatic hydroxyl groups is 1. The van der Waals surface area contributed by atoms with Crippen LogP contribution in [-0.2, 0) is 10.0 Å². The maximum Gasteiger partial charge on any atom is 0.240 e. The fourth-order valence-electron chi connectivity index (χ4n) is 1.10. The Hall–Kier alpha value is -0.650. The lowest BCUT2D eigenvalue weighted by Gasteiger charge is -2.10. The Labute approximate surface area is 84.4 Å². The molecule has 0 aromatic carbocycles. The highest BCUT2D eigenvalue weighted by Gasteiger charge is 2.16. The highest BCUT2D eigenvalue weighted by molar-refractivity contribution is 7.93. The first-order valence-corrected chi connectivity index (χ1v) is 6.05. The van der Waals surface area contributed by atoms with Gasteiger partial charge in [0.15, 0.2) is 0 Å². The molecule has 0 saturated heterocycles. The van der Waals surface area contributed by atoms with Crippen molar-refractivity contribution in [3.05, 3.63) is 23.1 Å². The van der Waals surface area contributed by atoms with Crippen LogP contribution in [-0.4, -0.2) is 26.2 Å². The number of rotatable bonds is 4. The smallest absolute Gasteiger partial charge is 0.240 e. The van der Waals surface area contributed by atoms with Gasteiger partial charge >= 0.3 is 0 Å². The molecule has 1 atom stereocenters. The van der Waals surface area contributed by atoms with Gasteiger partial charge in [0.1, 0.15) is 0 Å². The van der Waals surface area contributed by atoms with Crippen LogP contribution in [0, 0.1) is 0 Å². The van der Waals surface area contributed by atoms with E-state index in [9.17, 15) is 8.42 Å². The molecule has 0 amide bonds. The summed E-state index contributed by atoms with van der Waals surface area (Å²) in [6.45, 7) is 1.58. The van der Waals surface area contributed by atoms with E-state index in [2.05, 4.69) is 4.72 Å². The number of allylic oxidation sites excluding steroid dienone is 3. The average molecular weight is 217 g/mol. The molecule has 1 rings (SSSR count). The minimum atomic E-state index is -3.41. The van der Waals surface area contributed by atoms with Crippen molar-refractivity contribution < 1.29 is 13.5 Å². The second-order valence-electron chi connectivity index (χ2n) is 3.29. The zero-order chi connectivity index (χ0) is 10.6. The number of hydrogen-bond acceptors (Lipinski definition) is 3.